The molecule has 5 heteroatoms. The summed E-state index contributed by atoms with van der Waals surface area (Å²) in [6.45, 7) is 6.95. The van der Waals surface area contributed by atoms with Crippen LogP contribution >= 0.6 is 0 Å². The van der Waals surface area contributed by atoms with E-state index >= 15 is 0 Å². The molecule has 1 N–H and O–H groups in total. The summed E-state index contributed by atoms with van der Waals surface area (Å²) in [6.07, 6.45) is 0.523. The molecule has 2 aliphatic rings. The van der Waals surface area contributed by atoms with Gasteiger partial charge >= 0.3 is 0 Å². The van der Waals surface area contributed by atoms with Crippen LogP contribution in [0.15, 0.2) is 72.8 Å². The summed E-state index contributed by atoms with van der Waals surface area (Å²) in [5.74, 6) is 0.444. The van der Waals surface area contributed by atoms with E-state index < -0.39 is 6.04 Å². The molecular formula is C31H31N3O2. The minimum atomic E-state index is -0.516. The highest BCUT2D eigenvalue weighted by Crippen LogP contribution is 2.42. The fourth-order valence-electron chi connectivity index (χ4n) is 5.78. The Labute approximate surface area is 211 Å². The number of aromatic nitrogens is 1. The second kappa shape index (κ2) is 8.66. The number of H-pyrrole nitrogens is 1. The fraction of sp³-hybridized carbons (Fsp3) is 0.290. The van der Waals surface area contributed by atoms with E-state index in [0.29, 0.717) is 18.9 Å². The first-order valence-corrected chi connectivity index (χ1v) is 12.8. The van der Waals surface area contributed by atoms with Crippen LogP contribution in [0.3, 0.4) is 0 Å². The largest absolute Gasteiger partial charge is 0.356 e. The smallest absolute Gasteiger partial charge is 0.246 e. The molecule has 0 bridgehead atoms. The van der Waals surface area contributed by atoms with Crippen molar-refractivity contribution in [2.75, 3.05) is 6.54 Å². The van der Waals surface area contributed by atoms with Gasteiger partial charge in [-0.3, -0.25) is 9.59 Å². The summed E-state index contributed by atoms with van der Waals surface area (Å²) >= 11 is 0. The van der Waals surface area contributed by atoms with E-state index in [1.54, 1.807) is 4.90 Å². The van der Waals surface area contributed by atoms with Crippen LogP contribution in [0.4, 0.5) is 0 Å². The lowest BCUT2D eigenvalue weighted by Gasteiger charge is -2.47. The molecule has 1 fully saturated rings. The van der Waals surface area contributed by atoms with Crippen molar-refractivity contribution in [2.45, 2.75) is 51.7 Å². The third kappa shape index (κ3) is 3.70. The molecule has 3 heterocycles. The summed E-state index contributed by atoms with van der Waals surface area (Å²) in [4.78, 5) is 34.8. The average molecular weight is 478 g/mol. The lowest BCUT2D eigenvalue weighted by molar-refractivity contribution is -0.159. The summed E-state index contributed by atoms with van der Waals surface area (Å²) in [6, 6.07) is 24.1. The Morgan fingerprint density at radius 1 is 0.944 bits per heavy atom. The molecule has 36 heavy (non-hydrogen) atoms. The van der Waals surface area contributed by atoms with Gasteiger partial charge in [-0.15, -0.1) is 0 Å². The zero-order valence-corrected chi connectivity index (χ0v) is 21.0. The molecule has 3 aromatic carbocycles. The highest BCUT2D eigenvalue weighted by atomic mass is 16.2. The average Bonchev–Trinajstić information content (AvgIpc) is 3.25. The molecule has 2 atom stereocenters. The second-order valence-electron chi connectivity index (χ2n) is 10.5. The third-order valence-electron chi connectivity index (χ3n) is 7.76. The minimum Gasteiger partial charge on any atom is -0.356 e. The molecule has 182 valence electrons. The maximum atomic E-state index is 13.9. The molecule has 2 aliphatic heterocycles. The topological polar surface area (TPSA) is 56.4 Å². The number of amides is 2. The van der Waals surface area contributed by atoms with Crippen molar-refractivity contribution in [3.8, 4) is 0 Å². The van der Waals surface area contributed by atoms with Crippen molar-refractivity contribution in [1.82, 2.24) is 14.8 Å². The van der Waals surface area contributed by atoms with Gasteiger partial charge in [-0.25, -0.2) is 0 Å². The van der Waals surface area contributed by atoms with Crippen LogP contribution < -0.4 is 0 Å². The van der Waals surface area contributed by atoms with Crippen LogP contribution in [0.1, 0.15) is 59.3 Å². The van der Waals surface area contributed by atoms with Crippen LogP contribution in [0.2, 0.25) is 0 Å². The Balaban J connectivity index is 1.43. The third-order valence-corrected chi connectivity index (χ3v) is 7.76. The predicted molar refractivity (Wildman–Crippen MR) is 142 cm³/mol. The Bertz CT molecular complexity index is 1450. The van der Waals surface area contributed by atoms with Gasteiger partial charge in [0, 0.05) is 29.6 Å². The zero-order chi connectivity index (χ0) is 25.0. The van der Waals surface area contributed by atoms with Crippen molar-refractivity contribution in [3.05, 3.63) is 106 Å². The number of nitrogens with zero attached hydrogens (tertiary/aromatic N) is 2. The predicted octanol–water partition coefficient (Wildman–Crippen LogP) is 5.48. The van der Waals surface area contributed by atoms with E-state index in [-0.39, 0.29) is 24.4 Å². The molecule has 1 saturated heterocycles. The van der Waals surface area contributed by atoms with Gasteiger partial charge in [0.05, 0.1) is 6.04 Å². The monoisotopic (exact) mass is 477 g/mol. The number of carbonyl (C=O) groups is 2. The number of fused-ring (bicyclic) bond motifs is 4. The molecule has 0 radical (unpaired) electrons. The number of hydrogen-bond acceptors (Lipinski definition) is 2. The molecular weight excluding hydrogens is 446 g/mol. The number of rotatable bonds is 4. The zero-order valence-electron chi connectivity index (χ0n) is 21.0. The maximum Gasteiger partial charge on any atom is 0.246 e. The first-order valence-electron chi connectivity index (χ1n) is 12.8. The van der Waals surface area contributed by atoms with E-state index in [2.05, 4.69) is 55.2 Å². The van der Waals surface area contributed by atoms with E-state index in [4.69, 9.17) is 0 Å². The second-order valence-corrected chi connectivity index (χ2v) is 10.5. The molecule has 0 saturated carbocycles. The molecule has 2 amide bonds. The normalized spacial score (nSPS) is 19.7. The van der Waals surface area contributed by atoms with Gasteiger partial charge in [-0.05, 0) is 41.2 Å². The van der Waals surface area contributed by atoms with Gasteiger partial charge in [0.25, 0.3) is 0 Å². The number of benzene rings is 3. The van der Waals surface area contributed by atoms with Crippen LogP contribution in [-0.2, 0) is 22.6 Å². The van der Waals surface area contributed by atoms with Crippen LogP contribution in [0.5, 0.6) is 0 Å². The lowest BCUT2D eigenvalue weighted by atomic mass is 9.85. The van der Waals surface area contributed by atoms with Crippen LogP contribution in [0.25, 0.3) is 10.9 Å². The van der Waals surface area contributed by atoms with Gasteiger partial charge < -0.3 is 14.8 Å². The molecule has 1 unspecified atom stereocenters. The van der Waals surface area contributed by atoms with Crippen molar-refractivity contribution < 1.29 is 9.59 Å². The SMILES string of the molecule is Cc1ccc(CN2CC(=O)N3C(c4ccc(C(C)C)cc4)c4[nH]c5ccccc5c4C[C@H]3C2=O)cc1. The Morgan fingerprint density at radius 3 is 2.39 bits per heavy atom. The summed E-state index contributed by atoms with van der Waals surface area (Å²) in [5, 5.41) is 1.13. The molecule has 4 aromatic rings. The van der Waals surface area contributed by atoms with Gasteiger partial charge in [-0.2, -0.15) is 0 Å². The van der Waals surface area contributed by atoms with E-state index in [1.165, 1.54) is 11.1 Å². The summed E-state index contributed by atoms with van der Waals surface area (Å²) < 4.78 is 0. The Morgan fingerprint density at radius 2 is 1.67 bits per heavy atom. The molecule has 5 nitrogen and oxygen atoms in total. The van der Waals surface area contributed by atoms with Gasteiger partial charge in [0.2, 0.25) is 11.8 Å². The quantitative estimate of drug-likeness (QED) is 0.423. The highest BCUT2D eigenvalue weighted by Gasteiger charge is 2.48. The maximum absolute atomic E-state index is 13.9. The Hall–Kier alpha value is -3.86. The number of aryl methyl sites for hydroxylation is 1. The summed E-state index contributed by atoms with van der Waals surface area (Å²) in [7, 11) is 0. The van der Waals surface area contributed by atoms with E-state index in [1.807, 2.05) is 48.2 Å². The highest BCUT2D eigenvalue weighted by molar-refractivity contribution is 5.97. The first kappa shape index (κ1) is 22.6. The molecule has 0 aliphatic carbocycles. The Kier molecular flexibility index (Phi) is 5.44. The number of para-hydroxylation sites is 1. The lowest BCUT2D eigenvalue weighted by Crippen LogP contribution is -2.62. The summed E-state index contributed by atoms with van der Waals surface area (Å²) in [5.41, 5.74) is 7.72. The van der Waals surface area contributed by atoms with Crippen molar-refractivity contribution in [1.29, 1.82) is 0 Å². The van der Waals surface area contributed by atoms with Gasteiger partial charge in [0.15, 0.2) is 0 Å². The molecule has 1 aromatic heterocycles. The standard InChI is InChI=1S/C31H31N3O2/c1-19(2)22-12-14-23(15-13-22)30-29-25(24-6-4-5-7-26(24)32-29)16-27-31(36)33(18-28(35)34(27)30)17-21-10-8-20(3)9-11-21/h4-15,19,27,30,32H,16-18H2,1-3H3/t27-,30?/m0/s1. The van der Waals surface area contributed by atoms with Crippen LogP contribution in [0, 0.1) is 6.92 Å². The minimum absolute atomic E-state index is 0.00560. The molecule has 6 rings (SSSR count). The number of aromatic amines is 1. The number of carbonyl (C=O) groups excluding carboxylic acids is 2. The van der Waals surface area contributed by atoms with Gasteiger partial charge in [-0.1, -0.05) is 86.1 Å². The van der Waals surface area contributed by atoms with Crippen molar-refractivity contribution >= 4 is 22.7 Å². The number of hydrogen-bond donors (Lipinski definition) is 1. The van der Waals surface area contributed by atoms with Gasteiger partial charge in [0.1, 0.15) is 12.6 Å². The fourth-order valence-corrected chi connectivity index (χ4v) is 5.78. The number of nitrogens with one attached hydrogen (secondary N) is 1. The van der Waals surface area contributed by atoms with Crippen LogP contribution in [-0.4, -0.2) is 39.2 Å². The number of piperazine rings is 1. The van der Waals surface area contributed by atoms with Crippen molar-refractivity contribution in [3.63, 3.8) is 0 Å². The molecule has 0 spiro atoms. The first-order chi connectivity index (χ1) is 17.4. The van der Waals surface area contributed by atoms with Crippen molar-refractivity contribution in [2.24, 2.45) is 0 Å². The van der Waals surface area contributed by atoms with E-state index in [9.17, 15) is 9.59 Å². The van der Waals surface area contributed by atoms with E-state index in [0.717, 1.165) is 33.3 Å².